The number of hydrogen-bond acceptors (Lipinski definition) is 5. The molecule has 118 valence electrons. The molecule has 0 saturated heterocycles. The molecule has 3 heterocycles. The number of H-pyrrole nitrogens is 1. The molecule has 0 amide bonds. The van der Waals surface area contributed by atoms with Crippen LogP contribution in [0.4, 0.5) is 0 Å². The quantitative estimate of drug-likeness (QED) is 0.721. The molecule has 3 aromatic rings. The van der Waals surface area contributed by atoms with E-state index < -0.39 is 0 Å². The van der Waals surface area contributed by atoms with Crippen LogP contribution in [0.5, 0.6) is 0 Å². The van der Waals surface area contributed by atoms with E-state index in [0.29, 0.717) is 18.5 Å². The van der Waals surface area contributed by atoms with E-state index in [-0.39, 0.29) is 0 Å². The second kappa shape index (κ2) is 5.97. The van der Waals surface area contributed by atoms with Crippen molar-refractivity contribution in [3.63, 3.8) is 0 Å². The lowest BCUT2D eigenvalue weighted by atomic mass is 9.91. The van der Waals surface area contributed by atoms with E-state index in [0.717, 1.165) is 54.3 Å². The van der Waals surface area contributed by atoms with Crippen molar-refractivity contribution in [1.82, 2.24) is 30.3 Å². The van der Waals surface area contributed by atoms with Crippen LogP contribution in [0.3, 0.4) is 0 Å². The number of hydrogen-bond donors (Lipinski definition) is 2. The van der Waals surface area contributed by atoms with Crippen LogP contribution in [0.2, 0.25) is 0 Å². The Bertz CT molecular complexity index is 848. The van der Waals surface area contributed by atoms with Crippen LogP contribution in [0, 0.1) is 11.3 Å². The molecule has 3 aromatic heterocycles. The standard InChI is InChI=1S/C16H19N7/c17-7-1-8-18-11-2-4-12(5-3-11)23-15-13-6-9-19-16(13)20-10-14(15)21-22-23/h6,9-12,18,22H,1-5,8H2. The summed E-state index contributed by atoms with van der Waals surface area (Å²) in [5.74, 6) is 0. The maximum atomic E-state index is 8.62. The lowest BCUT2D eigenvalue weighted by molar-refractivity contribution is 0.279. The maximum absolute atomic E-state index is 8.62. The van der Waals surface area contributed by atoms with Crippen molar-refractivity contribution in [2.24, 2.45) is 0 Å². The van der Waals surface area contributed by atoms with Crippen LogP contribution in [-0.2, 0) is 0 Å². The van der Waals surface area contributed by atoms with Gasteiger partial charge in [0.1, 0.15) is 5.52 Å². The number of aromatic amines is 1. The van der Waals surface area contributed by atoms with Crippen molar-refractivity contribution in [3.05, 3.63) is 18.5 Å². The molecule has 0 unspecified atom stereocenters. The van der Waals surface area contributed by atoms with Crippen molar-refractivity contribution in [2.75, 3.05) is 6.54 Å². The van der Waals surface area contributed by atoms with Crippen LogP contribution in [0.25, 0.3) is 22.1 Å². The third-order valence-electron chi connectivity index (χ3n) is 4.74. The molecule has 23 heavy (non-hydrogen) atoms. The maximum Gasteiger partial charge on any atom is 0.161 e. The third-order valence-corrected chi connectivity index (χ3v) is 4.74. The predicted octanol–water partition coefficient (Wildman–Crippen LogP) is 2.29. The summed E-state index contributed by atoms with van der Waals surface area (Å²) < 4.78 is 2.19. The van der Waals surface area contributed by atoms with Crippen LogP contribution in [0.1, 0.15) is 38.1 Å². The van der Waals surface area contributed by atoms with Gasteiger partial charge in [-0.05, 0) is 31.7 Å². The van der Waals surface area contributed by atoms with E-state index in [2.05, 4.69) is 36.3 Å². The van der Waals surface area contributed by atoms with Gasteiger partial charge in [0.2, 0.25) is 0 Å². The first-order chi connectivity index (χ1) is 11.4. The molecule has 0 spiro atoms. The monoisotopic (exact) mass is 309 g/mol. The third kappa shape index (κ3) is 2.55. The molecule has 0 aromatic carbocycles. The van der Waals surface area contributed by atoms with Crippen LogP contribution < -0.4 is 5.32 Å². The molecular formula is C16H19N7. The summed E-state index contributed by atoms with van der Waals surface area (Å²) in [6.45, 7) is 0.789. The summed E-state index contributed by atoms with van der Waals surface area (Å²) in [7, 11) is 0. The van der Waals surface area contributed by atoms with Crippen molar-refractivity contribution in [1.29, 1.82) is 5.26 Å². The highest BCUT2D eigenvalue weighted by molar-refractivity contribution is 6.00. The number of aromatic nitrogens is 5. The Morgan fingerprint density at radius 2 is 2.17 bits per heavy atom. The molecule has 1 aliphatic carbocycles. The highest BCUT2D eigenvalue weighted by atomic mass is 15.4. The normalized spacial score (nSPS) is 21.7. The zero-order chi connectivity index (χ0) is 15.6. The first kappa shape index (κ1) is 14.2. The summed E-state index contributed by atoms with van der Waals surface area (Å²) >= 11 is 0. The van der Waals surface area contributed by atoms with E-state index >= 15 is 0 Å². The molecule has 0 atom stereocenters. The number of nitrogens with one attached hydrogen (secondary N) is 2. The zero-order valence-corrected chi connectivity index (χ0v) is 12.9. The predicted molar refractivity (Wildman–Crippen MR) is 86.7 cm³/mol. The lowest BCUT2D eigenvalue weighted by Crippen LogP contribution is -2.34. The van der Waals surface area contributed by atoms with Gasteiger partial charge in [-0.3, -0.25) is 4.68 Å². The van der Waals surface area contributed by atoms with Crippen molar-refractivity contribution < 1.29 is 0 Å². The second-order valence-corrected chi connectivity index (χ2v) is 6.12. The van der Waals surface area contributed by atoms with Crippen LogP contribution in [-0.4, -0.2) is 37.5 Å². The summed E-state index contributed by atoms with van der Waals surface area (Å²) in [6.07, 6.45) is 8.61. The zero-order valence-electron chi connectivity index (χ0n) is 12.9. The highest BCUT2D eigenvalue weighted by Crippen LogP contribution is 2.32. The van der Waals surface area contributed by atoms with Gasteiger partial charge in [-0.1, -0.05) is 0 Å². The Morgan fingerprint density at radius 3 is 3.00 bits per heavy atom. The molecule has 1 saturated carbocycles. The fourth-order valence-electron chi connectivity index (χ4n) is 3.56. The Hall–Kier alpha value is -2.46. The number of fused-ring (bicyclic) bond motifs is 3. The largest absolute Gasteiger partial charge is 0.313 e. The average Bonchev–Trinajstić information content (AvgIpc) is 3.21. The molecule has 0 bridgehead atoms. The Labute approximate surface area is 133 Å². The summed E-state index contributed by atoms with van der Waals surface area (Å²) in [5, 5.41) is 20.7. The van der Waals surface area contributed by atoms with Gasteiger partial charge in [0.05, 0.1) is 23.8 Å². The van der Waals surface area contributed by atoms with E-state index in [9.17, 15) is 0 Å². The Kier molecular flexibility index (Phi) is 3.67. The van der Waals surface area contributed by atoms with Gasteiger partial charge >= 0.3 is 0 Å². The van der Waals surface area contributed by atoms with Crippen molar-refractivity contribution >= 4 is 22.1 Å². The van der Waals surface area contributed by atoms with Gasteiger partial charge < -0.3 is 5.32 Å². The van der Waals surface area contributed by atoms with Gasteiger partial charge in [0.25, 0.3) is 0 Å². The summed E-state index contributed by atoms with van der Waals surface area (Å²) in [4.78, 5) is 8.62. The number of pyridine rings is 1. The molecule has 7 nitrogen and oxygen atoms in total. The molecule has 1 aliphatic rings. The fraction of sp³-hybridized carbons (Fsp3) is 0.500. The van der Waals surface area contributed by atoms with Gasteiger partial charge in [0, 0.05) is 30.6 Å². The number of nitriles is 1. The second-order valence-electron chi connectivity index (χ2n) is 6.12. The minimum Gasteiger partial charge on any atom is -0.313 e. The van der Waals surface area contributed by atoms with E-state index in [1.165, 1.54) is 0 Å². The highest BCUT2D eigenvalue weighted by Gasteiger charge is 2.24. The molecule has 7 heteroatoms. The SMILES string of the molecule is N#CCCNC1CCC(n2[nH]nc3cnc4nccc4c32)CC1. The lowest BCUT2D eigenvalue weighted by Gasteiger charge is -2.29. The minimum absolute atomic E-state index is 0.425. The van der Waals surface area contributed by atoms with Gasteiger partial charge in [-0.15, -0.1) is 0 Å². The average molecular weight is 309 g/mol. The topological polar surface area (TPSA) is 95.2 Å². The fourth-order valence-corrected chi connectivity index (χ4v) is 3.56. The van der Waals surface area contributed by atoms with Crippen LogP contribution in [0.15, 0.2) is 18.5 Å². The molecule has 2 N–H and O–H groups in total. The molecule has 0 radical (unpaired) electrons. The summed E-state index contributed by atoms with van der Waals surface area (Å²) in [6, 6.07) is 5.14. The van der Waals surface area contributed by atoms with E-state index in [4.69, 9.17) is 5.26 Å². The number of rotatable bonds is 4. The first-order valence-electron chi connectivity index (χ1n) is 8.13. The van der Waals surface area contributed by atoms with Gasteiger partial charge in [0.15, 0.2) is 5.65 Å². The van der Waals surface area contributed by atoms with E-state index in [1.807, 2.05) is 6.07 Å². The van der Waals surface area contributed by atoms with Gasteiger partial charge in [-0.2, -0.15) is 10.4 Å². The van der Waals surface area contributed by atoms with Gasteiger partial charge in [-0.25, -0.2) is 15.2 Å². The molecule has 4 rings (SSSR count). The molecule has 0 aliphatic heterocycles. The number of nitrogens with zero attached hydrogens (tertiary/aromatic N) is 5. The Morgan fingerprint density at radius 1 is 1.30 bits per heavy atom. The summed E-state index contributed by atoms with van der Waals surface area (Å²) in [5.41, 5.74) is 2.77. The smallest absolute Gasteiger partial charge is 0.161 e. The molecular weight excluding hydrogens is 290 g/mol. The van der Waals surface area contributed by atoms with Crippen LogP contribution >= 0.6 is 0 Å². The van der Waals surface area contributed by atoms with E-state index in [1.54, 1.807) is 12.4 Å². The molecule has 1 fully saturated rings. The van der Waals surface area contributed by atoms with Crippen molar-refractivity contribution in [3.8, 4) is 6.07 Å². The van der Waals surface area contributed by atoms with Crippen molar-refractivity contribution in [2.45, 2.75) is 44.2 Å². The minimum atomic E-state index is 0.425. The Balaban J connectivity index is 1.54. The first-order valence-corrected chi connectivity index (χ1v) is 8.13.